The third-order valence-electron chi connectivity index (χ3n) is 2.30. The molecule has 0 aliphatic carbocycles. The summed E-state index contributed by atoms with van der Waals surface area (Å²) in [5, 5.41) is 4.20. The summed E-state index contributed by atoms with van der Waals surface area (Å²) in [4.78, 5) is 0. The molecule has 0 fully saturated rings. The van der Waals surface area contributed by atoms with Gasteiger partial charge in [0.2, 0.25) is 0 Å². The largest absolute Gasteiger partial charge is 0.384 e. The summed E-state index contributed by atoms with van der Waals surface area (Å²) in [6.45, 7) is 5.30. The smallest absolute Gasteiger partial charge is 0.0640 e. The van der Waals surface area contributed by atoms with Gasteiger partial charge in [-0.25, -0.2) is 0 Å². The summed E-state index contributed by atoms with van der Waals surface area (Å²) in [6.07, 6.45) is 3.74. The van der Waals surface area contributed by atoms with Crippen LogP contribution in [0, 0.1) is 6.92 Å². The molecule has 1 aromatic carbocycles. The van der Waals surface area contributed by atoms with Crippen molar-refractivity contribution in [2.45, 2.75) is 33.1 Å². The van der Waals surface area contributed by atoms with E-state index in [0.29, 0.717) is 0 Å². The average molecular weight is 212 g/mol. The van der Waals surface area contributed by atoms with Gasteiger partial charge in [-0.3, -0.25) is 0 Å². The van der Waals surface area contributed by atoms with E-state index >= 15 is 0 Å². The molecule has 0 amide bonds. The maximum atomic E-state index is 6.08. The van der Waals surface area contributed by atoms with Crippen molar-refractivity contribution in [3.63, 3.8) is 0 Å². The Balaban J connectivity index is 2.49. The predicted octanol–water partition coefficient (Wildman–Crippen LogP) is 4.25. The quantitative estimate of drug-likeness (QED) is 0.718. The van der Waals surface area contributed by atoms with Gasteiger partial charge in [-0.15, -0.1) is 0 Å². The molecule has 0 atom stereocenters. The summed E-state index contributed by atoms with van der Waals surface area (Å²) < 4.78 is 0. The van der Waals surface area contributed by atoms with Crippen LogP contribution >= 0.6 is 11.6 Å². The number of benzene rings is 1. The van der Waals surface area contributed by atoms with Crippen LogP contribution in [0.15, 0.2) is 18.2 Å². The van der Waals surface area contributed by atoms with Gasteiger partial charge in [0.25, 0.3) is 0 Å². The van der Waals surface area contributed by atoms with Gasteiger partial charge < -0.3 is 5.32 Å². The normalized spacial score (nSPS) is 10.2. The molecule has 0 unspecified atom stereocenters. The Morgan fingerprint density at radius 3 is 2.71 bits per heavy atom. The molecule has 0 aliphatic heterocycles. The molecule has 0 bridgehead atoms. The van der Waals surface area contributed by atoms with E-state index in [1.807, 2.05) is 12.1 Å². The van der Waals surface area contributed by atoms with E-state index in [9.17, 15) is 0 Å². The van der Waals surface area contributed by atoms with Crippen LogP contribution in [0.25, 0.3) is 0 Å². The zero-order valence-corrected chi connectivity index (χ0v) is 9.69. The molecule has 0 saturated heterocycles. The van der Waals surface area contributed by atoms with Crippen molar-refractivity contribution >= 4 is 17.3 Å². The monoisotopic (exact) mass is 211 g/mol. The van der Waals surface area contributed by atoms with Crippen molar-refractivity contribution in [1.29, 1.82) is 0 Å². The van der Waals surface area contributed by atoms with Crippen molar-refractivity contribution in [3.8, 4) is 0 Å². The molecule has 0 aliphatic rings. The standard InChI is InChI=1S/C12H18ClN/c1-3-4-5-9-14-12-10(2)7-6-8-11(12)13/h6-8,14H,3-5,9H2,1-2H3. The van der Waals surface area contributed by atoms with Crippen LogP contribution in [0.2, 0.25) is 5.02 Å². The lowest BCUT2D eigenvalue weighted by Gasteiger charge is -2.10. The predicted molar refractivity (Wildman–Crippen MR) is 64.2 cm³/mol. The second kappa shape index (κ2) is 5.92. The molecule has 2 heteroatoms. The van der Waals surface area contributed by atoms with Gasteiger partial charge in [0.05, 0.1) is 10.7 Å². The zero-order chi connectivity index (χ0) is 10.4. The van der Waals surface area contributed by atoms with E-state index in [4.69, 9.17) is 11.6 Å². The van der Waals surface area contributed by atoms with Crippen LogP contribution in [-0.4, -0.2) is 6.54 Å². The van der Waals surface area contributed by atoms with Gasteiger partial charge in [-0.2, -0.15) is 0 Å². The molecular weight excluding hydrogens is 194 g/mol. The van der Waals surface area contributed by atoms with Gasteiger partial charge in [0, 0.05) is 6.54 Å². The number of halogens is 1. The molecule has 0 aromatic heterocycles. The first-order chi connectivity index (χ1) is 6.75. The lowest BCUT2D eigenvalue weighted by atomic mass is 10.2. The Morgan fingerprint density at radius 1 is 1.29 bits per heavy atom. The molecule has 1 N–H and O–H groups in total. The number of rotatable bonds is 5. The SMILES string of the molecule is CCCCCNc1c(C)cccc1Cl. The minimum atomic E-state index is 0.821. The summed E-state index contributed by atoms with van der Waals surface area (Å²) in [5.41, 5.74) is 2.30. The van der Waals surface area contributed by atoms with E-state index < -0.39 is 0 Å². The molecule has 1 aromatic rings. The second-order valence-electron chi connectivity index (χ2n) is 3.57. The van der Waals surface area contributed by atoms with Crippen LogP contribution in [0.4, 0.5) is 5.69 Å². The molecule has 0 saturated carbocycles. The summed E-state index contributed by atoms with van der Waals surface area (Å²) in [6, 6.07) is 5.99. The number of aryl methyl sites for hydroxylation is 1. The topological polar surface area (TPSA) is 12.0 Å². The lowest BCUT2D eigenvalue weighted by Crippen LogP contribution is -2.03. The van der Waals surface area contributed by atoms with Crippen molar-refractivity contribution in [3.05, 3.63) is 28.8 Å². The number of hydrogen-bond donors (Lipinski definition) is 1. The highest BCUT2D eigenvalue weighted by molar-refractivity contribution is 6.33. The number of hydrogen-bond acceptors (Lipinski definition) is 1. The Bertz CT molecular complexity index is 263. The number of anilines is 1. The average Bonchev–Trinajstić information content (AvgIpc) is 2.16. The highest BCUT2D eigenvalue weighted by atomic mass is 35.5. The Labute approximate surface area is 91.5 Å². The second-order valence-corrected chi connectivity index (χ2v) is 3.97. The van der Waals surface area contributed by atoms with Gasteiger partial charge in [0.15, 0.2) is 0 Å². The van der Waals surface area contributed by atoms with Crippen LogP contribution < -0.4 is 5.32 Å². The van der Waals surface area contributed by atoms with Crippen molar-refractivity contribution in [2.75, 3.05) is 11.9 Å². The Morgan fingerprint density at radius 2 is 2.07 bits per heavy atom. The Kier molecular flexibility index (Phi) is 4.81. The van der Waals surface area contributed by atoms with Crippen LogP contribution in [0.3, 0.4) is 0 Å². The van der Waals surface area contributed by atoms with Crippen LogP contribution in [0.5, 0.6) is 0 Å². The van der Waals surface area contributed by atoms with Gasteiger partial charge in [-0.05, 0) is 25.0 Å². The van der Waals surface area contributed by atoms with E-state index in [-0.39, 0.29) is 0 Å². The Hall–Kier alpha value is -0.690. The maximum Gasteiger partial charge on any atom is 0.0640 e. The van der Waals surface area contributed by atoms with E-state index in [0.717, 1.165) is 17.3 Å². The molecule has 1 rings (SSSR count). The molecule has 0 spiro atoms. The van der Waals surface area contributed by atoms with E-state index in [1.54, 1.807) is 0 Å². The summed E-state index contributed by atoms with van der Waals surface area (Å²) >= 11 is 6.08. The molecular formula is C12H18ClN. The first-order valence-electron chi connectivity index (χ1n) is 5.24. The fourth-order valence-corrected chi connectivity index (χ4v) is 1.73. The number of nitrogens with one attached hydrogen (secondary N) is 1. The van der Waals surface area contributed by atoms with Gasteiger partial charge >= 0.3 is 0 Å². The van der Waals surface area contributed by atoms with E-state index in [1.165, 1.54) is 24.8 Å². The fraction of sp³-hybridized carbons (Fsp3) is 0.500. The highest BCUT2D eigenvalue weighted by Gasteiger charge is 2.01. The van der Waals surface area contributed by atoms with Gasteiger partial charge in [-0.1, -0.05) is 43.5 Å². The molecule has 78 valence electrons. The third kappa shape index (κ3) is 3.22. The van der Waals surface area contributed by atoms with Gasteiger partial charge in [0.1, 0.15) is 0 Å². The molecule has 0 heterocycles. The lowest BCUT2D eigenvalue weighted by molar-refractivity contribution is 0.743. The van der Waals surface area contributed by atoms with Crippen LogP contribution in [0.1, 0.15) is 31.7 Å². The molecule has 14 heavy (non-hydrogen) atoms. The van der Waals surface area contributed by atoms with E-state index in [2.05, 4.69) is 25.2 Å². The first-order valence-corrected chi connectivity index (χ1v) is 5.62. The first kappa shape index (κ1) is 11.4. The third-order valence-corrected chi connectivity index (χ3v) is 2.62. The molecule has 0 radical (unpaired) electrons. The highest BCUT2D eigenvalue weighted by Crippen LogP contribution is 2.24. The van der Waals surface area contributed by atoms with Crippen molar-refractivity contribution in [2.24, 2.45) is 0 Å². The number of unbranched alkanes of at least 4 members (excludes halogenated alkanes) is 2. The maximum absolute atomic E-state index is 6.08. The summed E-state index contributed by atoms with van der Waals surface area (Å²) in [5.74, 6) is 0. The minimum Gasteiger partial charge on any atom is -0.384 e. The number of para-hydroxylation sites is 1. The van der Waals surface area contributed by atoms with Crippen molar-refractivity contribution in [1.82, 2.24) is 0 Å². The zero-order valence-electron chi connectivity index (χ0n) is 8.94. The minimum absolute atomic E-state index is 0.821. The molecule has 1 nitrogen and oxygen atoms in total. The fourth-order valence-electron chi connectivity index (χ4n) is 1.44. The van der Waals surface area contributed by atoms with Crippen molar-refractivity contribution < 1.29 is 0 Å². The van der Waals surface area contributed by atoms with Crippen LogP contribution in [-0.2, 0) is 0 Å². The summed E-state index contributed by atoms with van der Waals surface area (Å²) in [7, 11) is 0.